The van der Waals surface area contributed by atoms with Gasteiger partial charge in [-0.15, -0.1) is 0 Å². The molecule has 0 fully saturated rings. The van der Waals surface area contributed by atoms with Crippen LogP contribution in [0.1, 0.15) is 55.1 Å². The molecule has 2 rings (SSSR count). The lowest BCUT2D eigenvalue weighted by Crippen LogP contribution is -2.02. The number of unbranched alkanes of at least 4 members (excludes halogenated alkanes) is 2. The maximum Gasteiger partial charge on any atom is 0.123 e. The van der Waals surface area contributed by atoms with Gasteiger partial charge in [0.15, 0.2) is 0 Å². The Labute approximate surface area is 184 Å². The molecular weight excluding hydrogens is 392 g/mol. The molecule has 0 saturated heterocycles. The van der Waals surface area contributed by atoms with Crippen LogP contribution in [-0.2, 0) is 0 Å². The molecule has 0 N–H and O–H groups in total. The van der Waals surface area contributed by atoms with Gasteiger partial charge in [0, 0.05) is 11.1 Å². The van der Waals surface area contributed by atoms with E-state index in [4.69, 9.17) is 18.9 Å². The fraction of sp³-hybridized carbons (Fsp3) is 0.440. The Morgan fingerprint density at radius 1 is 0.645 bits per heavy atom. The first-order chi connectivity index (χ1) is 15.1. The van der Waals surface area contributed by atoms with Crippen LogP contribution in [0.15, 0.2) is 36.4 Å². The summed E-state index contributed by atoms with van der Waals surface area (Å²) in [6, 6.07) is 15.8. The molecular formula is C25H30N2O4. The number of rotatable bonds is 12. The van der Waals surface area contributed by atoms with Crippen LogP contribution in [0.3, 0.4) is 0 Å². The van der Waals surface area contributed by atoms with E-state index in [1.807, 2.05) is 36.4 Å². The fourth-order valence-electron chi connectivity index (χ4n) is 3.68. The molecule has 0 saturated carbocycles. The summed E-state index contributed by atoms with van der Waals surface area (Å²) in [4.78, 5) is 0. The van der Waals surface area contributed by atoms with Crippen LogP contribution in [-0.4, -0.2) is 28.4 Å². The van der Waals surface area contributed by atoms with Crippen molar-refractivity contribution in [3.63, 3.8) is 0 Å². The van der Waals surface area contributed by atoms with E-state index in [-0.39, 0.29) is 11.8 Å². The van der Waals surface area contributed by atoms with Gasteiger partial charge in [0.25, 0.3) is 0 Å². The second kappa shape index (κ2) is 12.3. The van der Waals surface area contributed by atoms with Crippen molar-refractivity contribution in [2.75, 3.05) is 28.4 Å². The summed E-state index contributed by atoms with van der Waals surface area (Å²) in [5.74, 6) is 2.27. The Bertz CT molecular complexity index is 855. The molecule has 0 aliphatic rings. The van der Waals surface area contributed by atoms with Crippen molar-refractivity contribution < 1.29 is 18.9 Å². The van der Waals surface area contributed by atoms with Crippen LogP contribution in [0.5, 0.6) is 23.0 Å². The molecule has 0 aliphatic carbocycles. The molecule has 0 aliphatic heterocycles. The summed E-state index contributed by atoms with van der Waals surface area (Å²) in [5.41, 5.74) is 1.70. The van der Waals surface area contributed by atoms with E-state index >= 15 is 0 Å². The number of hydrogen-bond donors (Lipinski definition) is 0. The lowest BCUT2D eigenvalue weighted by Gasteiger charge is -2.16. The Balaban J connectivity index is 1.95. The predicted molar refractivity (Wildman–Crippen MR) is 119 cm³/mol. The SMILES string of the molecule is COc1ccc(OC)c(C(C#N)CCCCCC(C#N)c2cc(OC)ccc2OC)c1. The first-order valence-corrected chi connectivity index (χ1v) is 10.3. The summed E-state index contributed by atoms with van der Waals surface area (Å²) < 4.78 is 21.4. The lowest BCUT2D eigenvalue weighted by molar-refractivity contribution is 0.395. The first-order valence-electron chi connectivity index (χ1n) is 10.3. The maximum atomic E-state index is 9.69. The number of benzene rings is 2. The molecule has 0 heterocycles. The molecule has 6 heteroatoms. The summed E-state index contributed by atoms with van der Waals surface area (Å²) in [6.07, 6.45) is 4.13. The van der Waals surface area contributed by atoms with E-state index in [2.05, 4.69) is 12.1 Å². The summed E-state index contributed by atoms with van der Waals surface area (Å²) in [6.45, 7) is 0. The van der Waals surface area contributed by atoms with Gasteiger partial charge in [-0.25, -0.2) is 0 Å². The van der Waals surface area contributed by atoms with Crippen molar-refractivity contribution in [2.24, 2.45) is 0 Å². The number of ether oxygens (including phenoxy) is 4. The average Bonchev–Trinajstić information content (AvgIpc) is 2.83. The van der Waals surface area contributed by atoms with Crippen LogP contribution in [0.2, 0.25) is 0 Å². The first kappa shape index (κ1) is 23.9. The second-order valence-electron chi connectivity index (χ2n) is 7.22. The molecule has 164 valence electrons. The van der Waals surface area contributed by atoms with Gasteiger partial charge in [0.05, 0.1) is 52.4 Å². The van der Waals surface area contributed by atoms with E-state index < -0.39 is 0 Å². The van der Waals surface area contributed by atoms with Gasteiger partial charge in [0.1, 0.15) is 23.0 Å². The van der Waals surface area contributed by atoms with Crippen molar-refractivity contribution in [1.82, 2.24) is 0 Å². The molecule has 2 unspecified atom stereocenters. The van der Waals surface area contributed by atoms with Gasteiger partial charge in [-0.1, -0.05) is 19.3 Å². The highest BCUT2D eigenvalue weighted by molar-refractivity contribution is 5.45. The molecule has 0 aromatic heterocycles. The Kier molecular flexibility index (Phi) is 9.52. The molecule has 6 nitrogen and oxygen atoms in total. The zero-order valence-electron chi connectivity index (χ0n) is 18.7. The Morgan fingerprint density at radius 3 is 1.39 bits per heavy atom. The molecule has 2 aromatic rings. The Morgan fingerprint density at radius 2 is 1.06 bits per heavy atom. The van der Waals surface area contributed by atoms with Gasteiger partial charge in [-0.3, -0.25) is 0 Å². The number of nitriles is 2. The number of hydrogen-bond acceptors (Lipinski definition) is 6. The molecule has 0 radical (unpaired) electrons. The minimum atomic E-state index is -0.268. The van der Waals surface area contributed by atoms with Crippen molar-refractivity contribution in [3.05, 3.63) is 47.5 Å². The zero-order chi connectivity index (χ0) is 22.6. The molecule has 31 heavy (non-hydrogen) atoms. The third kappa shape index (κ3) is 6.30. The summed E-state index contributed by atoms with van der Waals surface area (Å²) >= 11 is 0. The van der Waals surface area contributed by atoms with Crippen LogP contribution in [0.4, 0.5) is 0 Å². The highest BCUT2D eigenvalue weighted by atomic mass is 16.5. The van der Waals surface area contributed by atoms with Crippen molar-refractivity contribution >= 4 is 0 Å². The van der Waals surface area contributed by atoms with E-state index in [1.165, 1.54) is 0 Å². The molecule has 0 amide bonds. The van der Waals surface area contributed by atoms with Crippen LogP contribution in [0, 0.1) is 22.7 Å². The van der Waals surface area contributed by atoms with Gasteiger partial charge < -0.3 is 18.9 Å². The minimum absolute atomic E-state index is 0.268. The number of nitrogens with zero attached hydrogens (tertiary/aromatic N) is 2. The average molecular weight is 423 g/mol. The molecule has 0 spiro atoms. The lowest BCUT2D eigenvalue weighted by atomic mass is 9.91. The second-order valence-corrected chi connectivity index (χ2v) is 7.22. The minimum Gasteiger partial charge on any atom is -0.497 e. The fourth-order valence-corrected chi connectivity index (χ4v) is 3.68. The van der Waals surface area contributed by atoms with Gasteiger partial charge in [0.2, 0.25) is 0 Å². The van der Waals surface area contributed by atoms with Gasteiger partial charge in [-0.05, 0) is 49.2 Å². The van der Waals surface area contributed by atoms with Crippen molar-refractivity contribution in [1.29, 1.82) is 10.5 Å². The van der Waals surface area contributed by atoms with E-state index in [0.717, 1.165) is 43.2 Å². The maximum absolute atomic E-state index is 9.69. The molecule has 2 aromatic carbocycles. The highest BCUT2D eigenvalue weighted by Crippen LogP contribution is 2.35. The quantitative estimate of drug-likeness (QED) is 0.415. The highest BCUT2D eigenvalue weighted by Gasteiger charge is 2.19. The normalized spacial score (nSPS) is 12.2. The molecule has 2 atom stereocenters. The van der Waals surface area contributed by atoms with E-state index in [9.17, 15) is 10.5 Å². The standard InChI is InChI=1S/C25H30N2O4/c1-28-20-10-12-24(30-3)22(14-20)18(16-26)8-6-5-7-9-19(17-27)23-15-21(29-2)11-13-25(23)31-4/h10-15,18-19H,5-9H2,1-4H3. The summed E-state index contributed by atoms with van der Waals surface area (Å²) in [5, 5.41) is 19.4. The topological polar surface area (TPSA) is 84.5 Å². The number of methoxy groups -OCH3 is 4. The van der Waals surface area contributed by atoms with Crippen LogP contribution >= 0.6 is 0 Å². The van der Waals surface area contributed by atoms with Crippen molar-refractivity contribution in [3.8, 4) is 35.1 Å². The van der Waals surface area contributed by atoms with Crippen molar-refractivity contribution in [2.45, 2.75) is 43.9 Å². The van der Waals surface area contributed by atoms with E-state index in [1.54, 1.807) is 28.4 Å². The monoisotopic (exact) mass is 422 g/mol. The third-order valence-electron chi connectivity index (χ3n) is 5.42. The Hall–Kier alpha value is -3.38. The summed E-state index contributed by atoms with van der Waals surface area (Å²) in [7, 11) is 6.43. The largest absolute Gasteiger partial charge is 0.497 e. The predicted octanol–water partition coefficient (Wildman–Crippen LogP) is 5.59. The van der Waals surface area contributed by atoms with E-state index in [0.29, 0.717) is 23.0 Å². The van der Waals surface area contributed by atoms with Crippen LogP contribution < -0.4 is 18.9 Å². The van der Waals surface area contributed by atoms with Crippen LogP contribution in [0.25, 0.3) is 0 Å². The smallest absolute Gasteiger partial charge is 0.123 e. The third-order valence-corrected chi connectivity index (χ3v) is 5.42. The molecule has 0 bridgehead atoms. The van der Waals surface area contributed by atoms with Gasteiger partial charge in [-0.2, -0.15) is 10.5 Å². The van der Waals surface area contributed by atoms with Gasteiger partial charge >= 0.3 is 0 Å². The zero-order valence-corrected chi connectivity index (χ0v) is 18.7.